The molecule has 2 unspecified atom stereocenters. The molecule has 3 nitrogen and oxygen atoms in total. The minimum atomic E-state index is 0.136. The second-order valence-corrected chi connectivity index (χ2v) is 7.79. The van der Waals surface area contributed by atoms with Crippen molar-refractivity contribution >= 4 is 22.3 Å². The van der Waals surface area contributed by atoms with E-state index in [4.69, 9.17) is 9.98 Å². The van der Waals surface area contributed by atoms with Crippen molar-refractivity contribution < 1.29 is 0 Å². The third-order valence-corrected chi connectivity index (χ3v) is 6.27. The Kier molecular flexibility index (Phi) is 2.58. The van der Waals surface area contributed by atoms with Crippen LogP contribution >= 0.6 is 0 Å². The molecule has 3 heteroatoms. The predicted octanol–water partition coefficient (Wildman–Crippen LogP) is 4.98. The van der Waals surface area contributed by atoms with Crippen molar-refractivity contribution in [2.45, 2.75) is 39.0 Å². The second-order valence-electron chi connectivity index (χ2n) is 7.79. The Hall–Kier alpha value is -2.81. The molecule has 0 saturated carbocycles. The highest BCUT2D eigenvalue weighted by Gasteiger charge is 2.43. The maximum absolute atomic E-state index is 4.96. The molecular formula is C23H19N3. The molecule has 26 heavy (non-hydrogen) atoms. The number of nitrogens with zero attached hydrogens (tertiary/aromatic N) is 3. The van der Waals surface area contributed by atoms with E-state index in [1.165, 1.54) is 49.9 Å². The first-order valence-electron chi connectivity index (χ1n) is 9.27. The lowest BCUT2D eigenvalue weighted by molar-refractivity contribution is 0.922. The first kappa shape index (κ1) is 14.4. The molecule has 0 fully saturated rings. The number of allylic oxidation sites excluding steroid dienone is 2. The smallest absolute Gasteiger partial charge is 0.174 e. The highest BCUT2D eigenvalue weighted by molar-refractivity contribution is 6.14. The molecule has 2 aliphatic carbocycles. The molecule has 2 heterocycles. The molecule has 0 saturated heterocycles. The molecule has 3 aromatic rings. The SMILES string of the molecule is Cc1cc(C)c2c(C)cc3c4c2c1C1C(=Nc2nccnc21)C4C=CC3. The predicted molar refractivity (Wildman–Crippen MR) is 105 cm³/mol. The Morgan fingerprint density at radius 1 is 0.885 bits per heavy atom. The van der Waals surface area contributed by atoms with Crippen molar-refractivity contribution in [1.82, 2.24) is 9.97 Å². The lowest BCUT2D eigenvalue weighted by atomic mass is 9.68. The van der Waals surface area contributed by atoms with Gasteiger partial charge in [-0.1, -0.05) is 24.3 Å². The van der Waals surface area contributed by atoms with Crippen LogP contribution < -0.4 is 0 Å². The van der Waals surface area contributed by atoms with Gasteiger partial charge in [-0.25, -0.2) is 9.98 Å². The van der Waals surface area contributed by atoms with E-state index in [1.807, 2.05) is 0 Å². The fourth-order valence-electron chi connectivity index (χ4n) is 5.43. The van der Waals surface area contributed by atoms with Gasteiger partial charge in [0, 0.05) is 24.0 Å². The number of aryl methyl sites for hydroxylation is 3. The number of aromatic nitrogens is 2. The van der Waals surface area contributed by atoms with Gasteiger partial charge in [-0.2, -0.15) is 0 Å². The van der Waals surface area contributed by atoms with Crippen LogP contribution in [0, 0.1) is 20.8 Å². The lowest BCUT2D eigenvalue weighted by Gasteiger charge is -2.35. The number of rotatable bonds is 0. The summed E-state index contributed by atoms with van der Waals surface area (Å²) in [5.41, 5.74) is 10.6. The zero-order valence-electron chi connectivity index (χ0n) is 15.2. The normalized spacial score (nSPS) is 21.6. The minimum absolute atomic E-state index is 0.136. The topological polar surface area (TPSA) is 38.1 Å². The fraction of sp³-hybridized carbons (Fsp3) is 0.261. The van der Waals surface area contributed by atoms with Crippen molar-refractivity contribution in [2.75, 3.05) is 0 Å². The van der Waals surface area contributed by atoms with Gasteiger partial charge in [0.2, 0.25) is 0 Å². The van der Waals surface area contributed by atoms with E-state index in [1.54, 1.807) is 12.4 Å². The van der Waals surface area contributed by atoms with Gasteiger partial charge >= 0.3 is 0 Å². The standard InChI is InChI=1S/C23H19N3/c1-11-9-12(2)17-19-16(11)13(3)10-14-5-4-6-15(18(14)19)21-20(17)22-23(26-21)25-8-7-24-22/h4,6-10,15,20H,5H2,1-3H3. The summed E-state index contributed by atoms with van der Waals surface area (Å²) in [4.78, 5) is 14.2. The molecular weight excluding hydrogens is 318 g/mol. The number of fused-ring (bicyclic) bond motifs is 5. The molecule has 0 radical (unpaired) electrons. The molecule has 0 amide bonds. The summed E-state index contributed by atoms with van der Waals surface area (Å²) in [6, 6.07) is 4.72. The van der Waals surface area contributed by atoms with Crippen LogP contribution in [0.3, 0.4) is 0 Å². The summed E-state index contributed by atoms with van der Waals surface area (Å²) >= 11 is 0. The zero-order valence-corrected chi connectivity index (χ0v) is 15.2. The summed E-state index contributed by atoms with van der Waals surface area (Å²) in [6.07, 6.45) is 9.20. The van der Waals surface area contributed by atoms with E-state index >= 15 is 0 Å². The summed E-state index contributed by atoms with van der Waals surface area (Å²) in [5, 5.41) is 2.87. The maximum Gasteiger partial charge on any atom is 0.174 e. The van der Waals surface area contributed by atoms with Gasteiger partial charge < -0.3 is 0 Å². The van der Waals surface area contributed by atoms with Gasteiger partial charge in [-0.15, -0.1) is 0 Å². The molecule has 2 aromatic carbocycles. The molecule has 126 valence electrons. The second kappa shape index (κ2) is 4.67. The van der Waals surface area contributed by atoms with Crippen LogP contribution in [0.5, 0.6) is 0 Å². The van der Waals surface area contributed by atoms with E-state index in [2.05, 4.69) is 50.0 Å². The van der Waals surface area contributed by atoms with Crippen molar-refractivity contribution in [3.63, 3.8) is 0 Å². The number of hydrogen-bond donors (Lipinski definition) is 0. The average molecular weight is 337 g/mol. The Bertz CT molecular complexity index is 1200. The monoisotopic (exact) mass is 337 g/mol. The third-order valence-electron chi connectivity index (χ3n) is 6.27. The van der Waals surface area contributed by atoms with Crippen molar-refractivity contribution in [2.24, 2.45) is 4.99 Å². The third kappa shape index (κ3) is 1.57. The summed E-state index contributed by atoms with van der Waals surface area (Å²) < 4.78 is 0. The minimum Gasteiger partial charge on any atom is -0.255 e. The Morgan fingerprint density at radius 2 is 1.69 bits per heavy atom. The Balaban J connectivity index is 1.85. The lowest BCUT2D eigenvalue weighted by Crippen LogP contribution is -2.27. The highest BCUT2D eigenvalue weighted by atomic mass is 15.0. The Labute approximate surface area is 152 Å². The van der Waals surface area contributed by atoms with Gasteiger partial charge in [0.25, 0.3) is 0 Å². The van der Waals surface area contributed by atoms with Crippen molar-refractivity contribution in [3.05, 3.63) is 75.8 Å². The molecule has 1 aliphatic heterocycles. The maximum atomic E-state index is 4.96. The number of hydrogen-bond acceptors (Lipinski definition) is 3. The zero-order chi connectivity index (χ0) is 17.6. The molecule has 0 N–H and O–H groups in total. The van der Waals surface area contributed by atoms with Crippen LogP contribution in [-0.2, 0) is 6.42 Å². The van der Waals surface area contributed by atoms with Crippen LogP contribution in [0.25, 0.3) is 10.8 Å². The average Bonchev–Trinajstić information content (AvgIpc) is 3.01. The van der Waals surface area contributed by atoms with Crippen LogP contribution in [-0.4, -0.2) is 15.7 Å². The number of benzene rings is 2. The van der Waals surface area contributed by atoms with Crippen molar-refractivity contribution in [1.29, 1.82) is 0 Å². The summed E-state index contributed by atoms with van der Waals surface area (Å²) in [6.45, 7) is 6.73. The van der Waals surface area contributed by atoms with Gasteiger partial charge in [0.15, 0.2) is 5.82 Å². The first-order valence-corrected chi connectivity index (χ1v) is 9.27. The molecule has 3 aliphatic rings. The van der Waals surface area contributed by atoms with Crippen LogP contribution in [0.1, 0.15) is 50.9 Å². The van der Waals surface area contributed by atoms with Crippen LogP contribution in [0.15, 0.2) is 41.7 Å². The first-order chi connectivity index (χ1) is 12.6. The molecule has 6 rings (SSSR count). The molecule has 2 atom stereocenters. The van der Waals surface area contributed by atoms with Gasteiger partial charge in [-0.3, -0.25) is 4.98 Å². The van der Waals surface area contributed by atoms with Gasteiger partial charge in [0.1, 0.15) is 0 Å². The van der Waals surface area contributed by atoms with Gasteiger partial charge in [-0.05, 0) is 71.3 Å². The Morgan fingerprint density at radius 3 is 2.58 bits per heavy atom. The summed E-state index contributed by atoms with van der Waals surface area (Å²) in [7, 11) is 0. The molecule has 0 bridgehead atoms. The summed E-state index contributed by atoms with van der Waals surface area (Å²) in [5.74, 6) is 1.18. The molecule has 0 spiro atoms. The van der Waals surface area contributed by atoms with E-state index in [0.29, 0.717) is 0 Å². The quantitative estimate of drug-likeness (QED) is 0.542. The fourth-order valence-corrected chi connectivity index (χ4v) is 5.43. The van der Waals surface area contributed by atoms with E-state index in [0.717, 1.165) is 17.9 Å². The van der Waals surface area contributed by atoms with Crippen LogP contribution in [0.4, 0.5) is 5.82 Å². The number of aliphatic imine (C=N–C) groups is 1. The van der Waals surface area contributed by atoms with E-state index in [-0.39, 0.29) is 11.8 Å². The van der Waals surface area contributed by atoms with Gasteiger partial charge in [0.05, 0.1) is 11.6 Å². The van der Waals surface area contributed by atoms with Crippen LogP contribution in [0.2, 0.25) is 0 Å². The van der Waals surface area contributed by atoms with E-state index in [9.17, 15) is 0 Å². The van der Waals surface area contributed by atoms with E-state index < -0.39 is 0 Å². The van der Waals surface area contributed by atoms with Crippen molar-refractivity contribution in [3.8, 4) is 0 Å². The largest absolute Gasteiger partial charge is 0.255 e. The highest BCUT2D eigenvalue weighted by Crippen LogP contribution is 2.53. The molecule has 1 aromatic heterocycles.